The van der Waals surface area contributed by atoms with Gasteiger partial charge in [0.25, 0.3) is 0 Å². The first-order valence-corrected chi connectivity index (χ1v) is 4.28. The van der Waals surface area contributed by atoms with Gasteiger partial charge in [0.05, 0.1) is 0 Å². The van der Waals surface area contributed by atoms with Crippen LogP contribution >= 0.6 is 0 Å². The molecule has 0 aliphatic carbocycles. The minimum atomic E-state index is -0.484. The summed E-state index contributed by atoms with van der Waals surface area (Å²) in [5.41, 5.74) is 2.47. The summed E-state index contributed by atoms with van der Waals surface area (Å²) in [5, 5.41) is 1.28. The van der Waals surface area contributed by atoms with E-state index in [-0.39, 0.29) is 0 Å². The average molecular weight is 131 g/mol. The monoisotopic (exact) mass is 131 g/mol. The molecule has 0 unspecified atom stereocenters. The summed E-state index contributed by atoms with van der Waals surface area (Å²) in [7, 11) is -0.484. The smallest absolute Gasteiger partial charge is 0.120 e. The first-order chi connectivity index (χ1) is 4.43. The van der Waals surface area contributed by atoms with E-state index >= 15 is 0 Å². The van der Waals surface area contributed by atoms with Crippen molar-refractivity contribution in [2.45, 2.75) is 0 Å². The van der Waals surface area contributed by atoms with Crippen LogP contribution in [0.5, 0.6) is 0 Å². The van der Waals surface area contributed by atoms with Crippen LogP contribution in [-0.4, -0.2) is 9.52 Å². The Hall–Kier alpha value is -1.00. The Kier molecular flexibility index (Phi) is 2.11. The van der Waals surface area contributed by atoms with E-state index in [2.05, 4.69) is 5.54 Å². The van der Waals surface area contributed by atoms with E-state index in [4.69, 9.17) is 6.42 Å². The second-order valence-corrected chi connectivity index (χ2v) is 3.36. The maximum atomic E-state index is 6.75. The molecule has 0 fully saturated rings. The third-order valence-electron chi connectivity index (χ3n) is 1.14. The van der Waals surface area contributed by atoms with Crippen molar-refractivity contribution >= 4 is 14.7 Å². The zero-order chi connectivity index (χ0) is 6.53. The summed E-state index contributed by atoms with van der Waals surface area (Å²) in [6.07, 6.45) is 6.75. The lowest BCUT2D eigenvalue weighted by molar-refractivity contribution is 1.77. The normalized spacial score (nSPS) is 9.67. The molecular weight excluding hydrogens is 124 g/mol. The molecule has 0 aliphatic rings. The lowest BCUT2D eigenvalue weighted by Crippen LogP contribution is -2.10. The number of benzene rings is 1. The van der Waals surface area contributed by atoms with Gasteiger partial charge in [0.1, 0.15) is 9.52 Å². The van der Waals surface area contributed by atoms with Crippen molar-refractivity contribution in [1.29, 1.82) is 0 Å². The van der Waals surface area contributed by atoms with Crippen LogP contribution in [-0.2, 0) is 0 Å². The van der Waals surface area contributed by atoms with Crippen molar-refractivity contribution < 1.29 is 0 Å². The van der Waals surface area contributed by atoms with Gasteiger partial charge in [0.2, 0.25) is 0 Å². The van der Waals surface area contributed by atoms with Gasteiger partial charge in [-0.05, 0) is 6.42 Å². The van der Waals surface area contributed by atoms with Crippen LogP contribution in [0.3, 0.4) is 0 Å². The van der Waals surface area contributed by atoms with Gasteiger partial charge in [-0.1, -0.05) is 35.5 Å². The molecule has 0 aliphatic heterocycles. The molecule has 1 aromatic rings. The lowest BCUT2D eigenvalue weighted by atomic mass is 10.4. The molecule has 0 bridgehead atoms. The van der Waals surface area contributed by atoms with E-state index in [0.29, 0.717) is 0 Å². The van der Waals surface area contributed by atoms with E-state index in [9.17, 15) is 0 Å². The summed E-state index contributed by atoms with van der Waals surface area (Å²) in [6, 6.07) is 10.1. The van der Waals surface area contributed by atoms with Crippen molar-refractivity contribution in [1.82, 2.24) is 0 Å². The summed E-state index contributed by atoms with van der Waals surface area (Å²) in [6.45, 7) is 0. The van der Waals surface area contributed by atoms with Gasteiger partial charge in [-0.15, -0.1) is 5.54 Å². The molecule has 1 aromatic carbocycles. The molecule has 0 heterocycles. The zero-order valence-corrected chi connectivity index (χ0v) is 6.51. The molecule has 0 spiro atoms. The van der Waals surface area contributed by atoms with Gasteiger partial charge in [0, 0.05) is 0 Å². The van der Waals surface area contributed by atoms with Crippen LogP contribution in [0, 0.1) is 12.0 Å². The highest BCUT2D eigenvalue weighted by Crippen LogP contribution is 1.79. The molecule has 0 amide bonds. The Labute approximate surface area is 57.7 Å². The van der Waals surface area contributed by atoms with Crippen LogP contribution < -0.4 is 5.19 Å². The highest BCUT2D eigenvalue weighted by Gasteiger charge is 1.84. The van der Waals surface area contributed by atoms with Gasteiger partial charge in [-0.2, -0.15) is 0 Å². The van der Waals surface area contributed by atoms with Crippen molar-refractivity contribution in [2.24, 2.45) is 0 Å². The first-order valence-electron chi connectivity index (χ1n) is 2.87. The van der Waals surface area contributed by atoms with Crippen molar-refractivity contribution in [3.63, 3.8) is 0 Å². The molecule has 0 saturated carbocycles. The summed E-state index contributed by atoms with van der Waals surface area (Å²) in [4.78, 5) is 0. The van der Waals surface area contributed by atoms with Crippen molar-refractivity contribution in [3.8, 4) is 5.54 Å². The summed E-state index contributed by atoms with van der Waals surface area (Å²) in [5.74, 6) is 0. The Bertz CT molecular complexity index is 208. The summed E-state index contributed by atoms with van der Waals surface area (Å²) < 4.78 is 0. The maximum Gasteiger partial charge on any atom is 0.139 e. The van der Waals surface area contributed by atoms with Gasteiger partial charge >= 0.3 is 0 Å². The highest BCUT2D eigenvalue weighted by molar-refractivity contribution is 6.61. The molecular formula is C8H7Si. The van der Waals surface area contributed by atoms with Gasteiger partial charge in [-0.25, -0.2) is 0 Å². The maximum absolute atomic E-state index is 6.75. The number of hydrogen-bond donors (Lipinski definition) is 0. The van der Waals surface area contributed by atoms with E-state index in [0.717, 1.165) is 0 Å². The van der Waals surface area contributed by atoms with Crippen molar-refractivity contribution in [2.75, 3.05) is 0 Å². The van der Waals surface area contributed by atoms with E-state index in [1.54, 1.807) is 0 Å². The Morgan fingerprint density at radius 1 is 1.22 bits per heavy atom. The van der Waals surface area contributed by atoms with Gasteiger partial charge in [0.15, 0.2) is 0 Å². The van der Waals surface area contributed by atoms with Crippen LogP contribution in [0.4, 0.5) is 0 Å². The van der Waals surface area contributed by atoms with E-state index in [1.807, 2.05) is 30.3 Å². The largest absolute Gasteiger partial charge is 0.139 e. The second kappa shape index (κ2) is 3.11. The lowest BCUT2D eigenvalue weighted by Gasteiger charge is -1.88. The average Bonchev–Trinajstić information content (AvgIpc) is 1.91. The third-order valence-corrected chi connectivity index (χ3v) is 2.19. The third kappa shape index (κ3) is 1.75. The Balaban J connectivity index is 2.76. The van der Waals surface area contributed by atoms with Crippen LogP contribution in [0.2, 0.25) is 0 Å². The molecule has 0 saturated heterocycles. The van der Waals surface area contributed by atoms with E-state index in [1.165, 1.54) is 5.19 Å². The first kappa shape index (κ1) is 6.12. The molecule has 1 heteroatoms. The van der Waals surface area contributed by atoms with Crippen LogP contribution in [0.1, 0.15) is 0 Å². The standard InChI is InChI=1S/C8H7Si/c1-2-9-8-6-4-3-5-7-8/h3-7H,9H2. The molecule has 1 radical (unpaired) electrons. The number of hydrogen-bond acceptors (Lipinski definition) is 0. The zero-order valence-electron chi connectivity index (χ0n) is 5.09. The molecule has 43 valence electrons. The quantitative estimate of drug-likeness (QED) is 0.372. The van der Waals surface area contributed by atoms with Gasteiger partial charge < -0.3 is 0 Å². The van der Waals surface area contributed by atoms with Crippen LogP contribution in [0.15, 0.2) is 30.3 Å². The van der Waals surface area contributed by atoms with Crippen LogP contribution in [0.25, 0.3) is 0 Å². The molecule has 0 atom stereocenters. The number of rotatable bonds is 1. The summed E-state index contributed by atoms with van der Waals surface area (Å²) >= 11 is 0. The highest BCUT2D eigenvalue weighted by atomic mass is 28.2. The fraction of sp³-hybridized carbons (Fsp3) is 0. The predicted molar refractivity (Wildman–Crippen MR) is 41.8 cm³/mol. The minimum absolute atomic E-state index is 0.484. The van der Waals surface area contributed by atoms with Crippen molar-refractivity contribution in [3.05, 3.63) is 36.8 Å². The second-order valence-electron chi connectivity index (χ2n) is 1.84. The fourth-order valence-electron chi connectivity index (χ4n) is 0.698. The molecule has 9 heavy (non-hydrogen) atoms. The Morgan fingerprint density at radius 2 is 1.89 bits per heavy atom. The predicted octanol–water partition coefficient (Wildman–Crippen LogP) is 0.0280. The minimum Gasteiger partial charge on any atom is -0.120 e. The molecule has 0 aromatic heterocycles. The molecule has 0 N–H and O–H groups in total. The molecule has 1 rings (SSSR count). The van der Waals surface area contributed by atoms with E-state index < -0.39 is 9.52 Å². The fourth-order valence-corrected chi connectivity index (χ4v) is 1.41. The molecule has 0 nitrogen and oxygen atoms in total. The SMILES string of the molecule is [C]#C[SiH2]c1ccccc1. The van der Waals surface area contributed by atoms with Gasteiger partial charge in [-0.3, -0.25) is 0 Å². The topological polar surface area (TPSA) is 0 Å². The Morgan fingerprint density at radius 3 is 2.44 bits per heavy atom.